The van der Waals surface area contributed by atoms with Gasteiger partial charge in [0.25, 0.3) is 0 Å². The lowest BCUT2D eigenvalue weighted by Crippen LogP contribution is -2.33. The highest BCUT2D eigenvalue weighted by molar-refractivity contribution is 5.83. The molecule has 19 heavy (non-hydrogen) atoms. The van der Waals surface area contributed by atoms with Crippen molar-refractivity contribution in [3.63, 3.8) is 0 Å². The van der Waals surface area contributed by atoms with E-state index < -0.39 is 31.1 Å². The number of anilines is 1. The number of pyridine rings is 1. The molecule has 1 saturated heterocycles. The zero-order valence-electron chi connectivity index (χ0n) is 9.79. The molecule has 9 heteroatoms. The number of rotatable bonds is 2. The van der Waals surface area contributed by atoms with Crippen molar-refractivity contribution in [3.05, 3.63) is 12.3 Å². The number of nitrogens with zero attached hydrogens (tertiary/aromatic N) is 4. The molecular formula is C10H13N5O4. The maximum absolute atomic E-state index is 9.95. The summed E-state index contributed by atoms with van der Waals surface area (Å²) in [5, 5.41) is 36.5. The number of nitrogen functional groups attached to an aromatic ring is 1. The van der Waals surface area contributed by atoms with Crippen LogP contribution < -0.4 is 5.73 Å². The lowest BCUT2D eigenvalue weighted by molar-refractivity contribution is -0.0571. The number of hydrogen-bond acceptors (Lipinski definition) is 8. The largest absolute Gasteiger partial charge is 0.394 e. The van der Waals surface area contributed by atoms with Crippen LogP contribution in [0.25, 0.3) is 11.0 Å². The third-order valence-corrected chi connectivity index (χ3v) is 3.17. The number of ether oxygens (including phenoxy) is 1. The maximum atomic E-state index is 9.95. The van der Waals surface area contributed by atoms with Crippen LogP contribution in [-0.4, -0.2) is 60.2 Å². The second-order valence-corrected chi connectivity index (χ2v) is 4.33. The van der Waals surface area contributed by atoms with Gasteiger partial charge in [-0.05, 0) is 6.07 Å². The molecule has 2 aromatic rings. The Kier molecular flexibility index (Phi) is 2.82. The third-order valence-electron chi connectivity index (χ3n) is 3.17. The molecule has 1 aliphatic rings. The minimum atomic E-state index is -1.23. The van der Waals surface area contributed by atoms with Crippen LogP contribution in [0.3, 0.4) is 0 Å². The first-order valence-corrected chi connectivity index (χ1v) is 5.71. The molecule has 5 N–H and O–H groups in total. The highest BCUT2D eigenvalue weighted by Gasteiger charge is 2.44. The van der Waals surface area contributed by atoms with Gasteiger partial charge in [-0.2, -0.15) is 0 Å². The quantitative estimate of drug-likeness (QED) is 0.491. The van der Waals surface area contributed by atoms with E-state index in [9.17, 15) is 10.2 Å². The SMILES string of the molecule is Nc1nccc2nnn([C@@H]3OC(CO)C(O)[C@H]3O)c12. The van der Waals surface area contributed by atoms with Gasteiger partial charge >= 0.3 is 0 Å². The van der Waals surface area contributed by atoms with Gasteiger partial charge in [0.05, 0.1) is 6.61 Å². The van der Waals surface area contributed by atoms with Crippen LogP contribution >= 0.6 is 0 Å². The van der Waals surface area contributed by atoms with Gasteiger partial charge in [0.1, 0.15) is 29.3 Å². The van der Waals surface area contributed by atoms with E-state index in [1.807, 2.05) is 0 Å². The molecule has 0 aliphatic carbocycles. The number of aromatic nitrogens is 4. The maximum Gasteiger partial charge on any atom is 0.181 e. The van der Waals surface area contributed by atoms with E-state index >= 15 is 0 Å². The van der Waals surface area contributed by atoms with Gasteiger partial charge in [-0.1, -0.05) is 5.21 Å². The van der Waals surface area contributed by atoms with Crippen molar-refractivity contribution >= 4 is 16.9 Å². The fraction of sp³-hybridized carbons (Fsp3) is 0.500. The van der Waals surface area contributed by atoms with Crippen molar-refractivity contribution < 1.29 is 20.1 Å². The molecule has 0 aromatic carbocycles. The number of aliphatic hydroxyl groups excluding tert-OH is 3. The summed E-state index contributed by atoms with van der Waals surface area (Å²) in [6.07, 6.45) is -2.79. The van der Waals surface area contributed by atoms with E-state index in [0.29, 0.717) is 11.0 Å². The van der Waals surface area contributed by atoms with E-state index in [4.69, 9.17) is 15.6 Å². The van der Waals surface area contributed by atoms with Gasteiger partial charge in [-0.15, -0.1) is 5.10 Å². The summed E-state index contributed by atoms with van der Waals surface area (Å²) in [5.74, 6) is 0.195. The summed E-state index contributed by atoms with van der Waals surface area (Å²) < 4.78 is 6.63. The molecule has 0 radical (unpaired) electrons. The van der Waals surface area contributed by atoms with Gasteiger partial charge in [0, 0.05) is 6.20 Å². The molecule has 0 amide bonds. The number of hydrogen-bond donors (Lipinski definition) is 4. The van der Waals surface area contributed by atoms with E-state index in [2.05, 4.69) is 15.3 Å². The van der Waals surface area contributed by atoms with Gasteiger partial charge in [-0.3, -0.25) is 0 Å². The minimum absolute atomic E-state index is 0.195. The van der Waals surface area contributed by atoms with Crippen molar-refractivity contribution in [2.75, 3.05) is 12.3 Å². The molecule has 4 atom stereocenters. The van der Waals surface area contributed by atoms with Crippen LogP contribution in [0.5, 0.6) is 0 Å². The average molecular weight is 267 g/mol. The monoisotopic (exact) mass is 267 g/mol. The molecule has 1 aliphatic heterocycles. The van der Waals surface area contributed by atoms with Crippen LogP contribution in [0.1, 0.15) is 6.23 Å². The molecule has 0 spiro atoms. The smallest absolute Gasteiger partial charge is 0.181 e. The third kappa shape index (κ3) is 1.75. The molecule has 0 saturated carbocycles. The minimum Gasteiger partial charge on any atom is -0.394 e. The highest BCUT2D eigenvalue weighted by atomic mass is 16.6. The first-order chi connectivity index (χ1) is 9.13. The summed E-state index contributed by atoms with van der Waals surface area (Å²) in [6.45, 7) is -0.408. The van der Waals surface area contributed by atoms with Crippen molar-refractivity contribution in [3.8, 4) is 0 Å². The molecule has 9 nitrogen and oxygen atoms in total. The van der Waals surface area contributed by atoms with Crippen LogP contribution in [-0.2, 0) is 4.74 Å². The Labute approximate surface area is 107 Å². The predicted octanol–water partition coefficient (Wildman–Crippen LogP) is -1.98. The standard InChI is InChI=1S/C10H13N5O4/c11-9-6-4(1-2-12-9)13-14-15(6)10-8(18)7(17)5(3-16)19-10/h1-2,5,7-8,10,16-18H,3H2,(H2,11,12)/t5?,7?,8-,10-/m1/s1. The topological polar surface area (TPSA) is 140 Å². The van der Waals surface area contributed by atoms with Crippen molar-refractivity contribution in [2.45, 2.75) is 24.5 Å². The van der Waals surface area contributed by atoms with Crippen LogP contribution in [0.15, 0.2) is 12.3 Å². The Morgan fingerprint density at radius 3 is 2.84 bits per heavy atom. The predicted molar refractivity (Wildman–Crippen MR) is 62.7 cm³/mol. The van der Waals surface area contributed by atoms with E-state index in [1.54, 1.807) is 6.07 Å². The lowest BCUT2D eigenvalue weighted by Gasteiger charge is -2.15. The zero-order chi connectivity index (χ0) is 13.6. The lowest BCUT2D eigenvalue weighted by atomic mass is 10.1. The van der Waals surface area contributed by atoms with Gasteiger partial charge in [0.2, 0.25) is 0 Å². The molecule has 102 valence electrons. The summed E-state index contributed by atoms with van der Waals surface area (Å²) in [6, 6.07) is 1.62. The summed E-state index contributed by atoms with van der Waals surface area (Å²) >= 11 is 0. The van der Waals surface area contributed by atoms with Gasteiger partial charge < -0.3 is 25.8 Å². The van der Waals surface area contributed by atoms with E-state index in [1.165, 1.54) is 10.9 Å². The zero-order valence-corrected chi connectivity index (χ0v) is 9.79. The van der Waals surface area contributed by atoms with Crippen molar-refractivity contribution in [1.29, 1.82) is 0 Å². The fourth-order valence-electron chi connectivity index (χ4n) is 2.18. The van der Waals surface area contributed by atoms with E-state index in [-0.39, 0.29) is 5.82 Å². The molecular weight excluding hydrogens is 254 g/mol. The Bertz CT molecular complexity index is 603. The molecule has 2 unspecified atom stereocenters. The molecule has 3 rings (SSSR count). The molecule has 2 aromatic heterocycles. The molecule has 3 heterocycles. The van der Waals surface area contributed by atoms with Crippen LogP contribution in [0.4, 0.5) is 5.82 Å². The number of fused-ring (bicyclic) bond motifs is 1. The molecule has 0 bridgehead atoms. The van der Waals surface area contributed by atoms with Crippen molar-refractivity contribution in [2.24, 2.45) is 0 Å². The van der Waals surface area contributed by atoms with Crippen LogP contribution in [0, 0.1) is 0 Å². The van der Waals surface area contributed by atoms with Crippen molar-refractivity contribution in [1.82, 2.24) is 20.0 Å². The first-order valence-electron chi connectivity index (χ1n) is 5.71. The van der Waals surface area contributed by atoms with Crippen LogP contribution in [0.2, 0.25) is 0 Å². The fourth-order valence-corrected chi connectivity index (χ4v) is 2.18. The Morgan fingerprint density at radius 1 is 1.37 bits per heavy atom. The Balaban J connectivity index is 2.06. The Hall–Kier alpha value is -1.81. The van der Waals surface area contributed by atoms with Gasteiger partial charge in [-0.25, -0.2) is 9.67 Å². The first kappa shape index (κ1) is 12.2. The normalized spacial score (nSPS) is 31.1. The highest BCUT2D eigenvalue weighted by Crippen LogP contribution is 2.31. The Morgan fingerprint density at radius 2 is 2.16 bits per heavy atom. The second kappa shape index (κ2) is 4.38. The van der Waals surface area contributed by atoms with Gasteiger partial charge in [0.15, 0.2) is 12.0 Å². The second-order valence-electron chi connectivity index (χ2n) is 4.33. The molecule has 1 fully saturated rings. The number of aliphatic hydroxyl groups is 3. The number of nitrogens with two attached hydrogens (primary N) is 1. The summed E-state index contributed by atoms with van der Waals surface area (Å²) in [7, 11) is 0. The summed E-state index contributed by atoms with van der Waals surface area (Å²) in [4.78, 5) is 3.92. The average Bonchev–Trinajstić information content (AvgIpc) is 2.94. The van der Waals surface area contributed by atoms with E-state index in [0.717, 1.165) is 0 Å². The summed E-state index contributed by atoms with van der Waals surface area (Å²) in [5.41, 5.74) is 6.67.